The molecule has 2 rings (SSSR count). The van der Waals surface area contributed by atoms with Crippen molar-refractivity contribution < 1.29 is 19.1 Å². The Bertz CT molecular complexity index is 462. The summed E-state index contributed by atoms with van der Waals surface area (Å²) < 4.78 is 10.5. The fourth-order valence-corrected chi connectivity index (χ4v) is 1.93. The summed E-state index contributed by atoms with van der Waals surface area (Å²) in [6.45, 7) is 0.986. The molecule has 0 aliphatic carbocycles. The molecule has 1 aromatic carbocycles. The number of hydrogen-bond acceptors (Lipinski definition) is 4. The van der Waals surface area contributed by atoms with E-state index in [1.54, 1.807) is 30.2 Å². The van der Waals surface area contributed by atoms with E-state index >= 15 is 0 Å². The molecule has 1 aliphatic heterocycles. The molecule has 0 N–H and O–H groups in total. The Labute approximate surface area is 112 Å². The first-order valence-electron chi connectivity index (χ1n) is 6.25. The van der Waals surface area contributed by atoms with E-state index in [-0.39, 0.29) is 18.3 Å². The highest BCUT2D eigenvalue weighted by atomic mass is 16.5. The maximum atomic E-state index is 11.9. The predicted octanol–water partition coefficient (Wildman–Crippen LogP) is 1.27. The van der Waals surface area contributed by atoms with E-state index in [4.69, 9.17) is 9.47 Å². The standard InChI is InChI=1S/C14H17NO4/c1-18-12-3-2-4-13(9-12)19-10-14(17)15-7-5-11(16)6-8-15/h2-4,9H,5-8,10H2,1H3. The highest BCUT2D eigenvalue weighted by molar-refractivity contribution is 5.83. The van der Waals surface area contributed by atoms with Crippen LogP contribution in [-0.4, -0.2) is 43.4 Å². The first-order valence-corrected chi connectivity index (χ1v) is 6.25. The topological polar surface area (TPSA) is 55.8 Å². The van der Waals surface area contributed by atoms with Crippen LogP contribution in [0.25, 0.3) is 0 Å². The van der Waals surface area contributed by atoms with Gasteiger partial charge < -0.3 is 14.4 Å². The number of Topliss-reactive ketones (excluding diaryl/α,β-unsaturated/α-hetero) is 1. The number of ether oxygens (including phenoxy) is 2. The fourth-order valence-electron chi connectivity index (χ4n) is 1.93. The molecule has 102 valence electrons. The molecule has 0 bridgehead atoms. The maximum absolute atomic E-state index is 11.9. The van der Waals surface area contributed by atoms with Crippen LogP contribution in [0.2, 0.25) is 0 Å². The number of ketones is 1. The summed E-state index contributed by atoms with van der Waals surface area (Å²) in [5.74, 6) is 1.42. The van der Waals surface area contributed by atoms with Crippen molar-refractivity contribution in [3.63, 3.8) is 0 Å². The lowest BCUT2D eigenvalue weighted by molar-refractivity contribution is -0.136. The van der Waals surface area contributed by atoms with Gasteiger partial charge in [0.25, 0.3) is 5.91 Å². The van der Waals surface area contributed by atoms with Gasteiger partial charge in [-0.2, -0.15) is 0 Å². The molecule has 1 heterocycles. The van der Waals surface area contributed by atoms with Gasteiger partial charge in [0.15, 0.2) is 6.61 Å². The molecule has 1 saturated heterocycles. The lowest BCUT2D eigenvalue weighted by atomic mass is 10.1. The van der Waals surface area contributed by atoms with Gasteiger partial charge in [0.1, 0.15) is 17.3 Å². The Balaban J connectivity index is 1.84. The van der Waals surface area contributed by atoms with E-state index in [2.05, 4.69) is 0 Å². The normalized spacial score (nSPS) is 15.2. The number of hydrogen-bond donors (Lipinski definition) is 0. The smallest absolute Gasteiger partial charge is 0.260 e. The van der Waals surface area contributed by atoms with Crippen LogP contribution in [0, 0.1) is 0 Å². The number of carbonyl (C=O) groups is 2. The SMILES string of the molecule is COc1cccc(OCC(=O)N2CCC(=O)CC2)c1. The molecule has 0 atom stereocenters. The molecule has 0 unspecified atom stereocenters. The van der Waals surface area contributed by atoms with E-state index in [0.29, 0.717) is 37.4 Å². The van der Waals surface area contributed by atoms with Crippen LogP contribution in [0.1, 0.15) is 12.8 Å². The summed E-state index contributed by atoms with van der Waals surface area (Å²) in [6.07, 6.45) is 0.899. The number of carbonyl (C=O) groups excluding carboxylic acids is 2. The highest BCUT2D eigenvalue weighted by Crippen LogP contribution is 2.19. The van der Waals surface area contributed by atoms with Gasteiger partial charge in [-0.3, -0.25) is 9.59 Å². The van der Waals surface area contributed by atoms with Crippen LogP contribution in [0.4, 0.5) is 0 Å². The number of likely N-dealkylation sites (tertiary alicyclic amines) is 1. The number of benzene rings is 1. The molecule has 5 heteroatoms. The summed E-state index contributed by atoms with van der Waals surface area (Å²) in [7, 11) is 1.58. The van der Waals surface area contributed by atoms with Gasteiger partial charge in [0.05, 0.1) is 7.11 Å². The third-order valence-corrected chi connectivity index (χ3v) is 3.08. The highest BCUT2D eigenvalue weighted by Gasteiger charge is 2.20. The van der Waals surface area contributed by atoms with Crippen LogP contribution in [-0.2, 0) is 9.59 Å². The molecular weight excluding hydrogens is 246 g/mol. The molecule has 1 aromatic rings. The van der Waals surface area contributed by atoms with Gasteiger partial charge in [0, 0.05) is 32.0 Å². The van der Waals surface area contributed by atoms with Gasteiger partial charge in [-0.25, -0.2) is 0 Å². The second-order valence-electron chi connectivity index (χ2n) is 4.39. The summed E-state index contributed by atoms with van der Waals surface area (Å²) in [5.41, 5.74) is 0. The van der Waals surface area contributed by atoms with Gasteiger partial charge in [0.2, 0.25) is 0 Å². The van der Waals surface area contributed by atoms with Gasteiger partial charge in [-0.1, -0.05) is 6.07 Å². The van der Waals surface area contributed by atoms with E-state index in [0.717, 1.165) is 0 Å². The van der Waals surface area contributed by atoms with Gasteiger partial charge in [-0.15, -0.1) is 0 Å². The Hall–Kier alpha value is -2.04. The number of methoxy groups -OCH3 is 1. The zero-order valence-corrected chi connectivity index (χ0v) is 10.9. The molecule has 5 nitrogen and oxygen atoms in total. The van der Waals surface area contributed by atoms with E-state index in [1.165, 1.54) is 0 Å². The zero-order valence-electron chi connectivity index (χ0n) is 10.9. The number of nitrogens with zero attached hydrogens (tertiary/aromatic N) is 1. The average Bonchev–Trinajstić information content (AvgIpc) is 2.46. The Morgan fingerprint density at radius 3 is 2.63 bits per heavy atom. The predicted molar refractivity (Wildman–Crippen MR) is 69.3 cm³/mol. The second kappa shape index (κ2) is 6.22. The maximum Gasteiger partial charge on any atom is 0.260 e. The Kier molecular flexibility index (Phi) is 4.39. The van der Waals surface area contributed by atoms with E-state index in [9.17, 15) is 9.59 Å². The second-order valence-corrected chi connectivity index (χ2v) is 4.39. The van der Waals surface area contributed by atoms with Crippen molar-refractivity contribution in [1.82, 2.24) is 4.90 Å². The number of piperidine rings is 1. The Morgan fingerprint density at radius 2 is 1.95 bits per heavy atom. The molecule has 19 heavy (non-hydrogen) atoms. The quantitative estimate of drug-likeness (QED) is 0.820. The molecule has 1 fully saturated rings. The first kappa shape index (κ1) is 13.4. The van der Waals surface area contributed by atoms with Crippen molar-refractivity contribution in [3.05, 3.63) is 24.3 Å². The largest absolute Gasteiger partial charge is 0.497 e. The Morgan fingerprint density at radius 1 is 1.26 bits per heavy atom. The van der Waals surface area contributed by atoms with Crippen LogP contribution < -0.4 is 9.47 Å². The lowest BCUT2D eigenvalue weighted by Gasteiger charge is -2.25. The zero-order chi connectivity index (χ0) is 13.7. The minimum Gasteiger partial charge on any atom is -0.497 e. The van der Waals surface area contributed by atoms with Crippen molar-refractivity contribution in [2.24, 2.45) is 0 Å². The minimum absolute atomic E-state index is 0.0125. The average molecular weight is 263 g/mol. The van der Waals surface area contributed by atoms with E-state index in [1.807, 2.05) is 6.07 Å². The fraction of sp³-hybridized carbons (Fsp3) is 0.429. The summed E-state index contributed by atoms with van der Waals surface area (Å²) in [5, 5.41) is 0. The first-order chi connectivity index (χ1) is 9.19. The van der Waals surface area contributed by atoms with Crippen LogP contribution in [0.3, 0.4) is 0 Å². The summed E-state index contributed by atoms with van der Waals surface area (Å²) in [6, 6.07) is 7.12. The molecule has 1 aliphatic rings. The minimum atomic E-state index is -0.0877. The molecule has 1 amide bonds. The van der Waals surface area contributed by atoms with Crippen molar-refractivity contribution in [3.8, 4) is 11.5 Å². The molecule has 0 aromatic heterocycles. The van der Waals surface area contributed by atoms with Crippen molar-refractivity contribution in [1.29, 1.82) is 0 Å². The van der Waals surface area contributed by atoms with Crippen LogP contribution >= 0.6 is 0 Å². The molecule has 0 radical (unpaired) electrons. The number of rotatable bonds is 4. The van der Waals surface area contributed by atoms with Crippen molar-refractivity contribution in [2.45, 2.75) is 12.8 Å². The van der Waals surface area contributed by atoms with Crippen LogP contribution in [0.15, 0.2) is 24.3 Å². The van der Waals surface area contributed by atoms with E-state index < -0.39 is 0 Å². The number of amides is 1. The van der Waals surface area contributed by atoms with Crippen molar-refractivity contribution in [2.75, 3.05) is 26.8 Å². The van der Waals surface area contributed by atoms with Crippen molar-refractivity contribution >= 4 is 11.7 Å². The van der Waals surface area contributed by atoms with Crippen LogP contribution in [0.5, 0.6) is 11.5 Å². The summed E-state index contributed by atoms with van der Waals surface area (Å²) >= 11 is 0. The van der Waals surface area contributed by atoms with Gasteiger partial charge >= 0.3 is 0 Å². The molecular formula is C14H17NO4. The van der Waals surface area contributed by atoms with Gasteiger partial charge in [-0.05, 0) is 12.1 Å². The monoisotopic (exact) mass is 263 g/mol. The lowest BCUT2D eigenvalue weighted by Crippen LogP contribution is -2.41. The third kappa shape index (κ3) is 3.71. The third-order valence-electron chi connectivity index (χ3n) is 3.08. The molecule has 0 spiro atoms. The summed E-state index contributed by atoms with van der Waals surface area (Å²) in [4.78, 5) is 24.7. The molecule has 0 saturated carbocycles.